The number of aryl methyl sites for hydroxylation is 3. The standard InChI is InChI=1S/C17H21N5O3/c1-11-4-5-14(10-15(11)22(24)25)17(23)21-8-6-20(7-9-21)16-12(2)18-19-13(16)3/h4-5,10H,6-9H2,1-3H3,(H,18,19). The largest absolute Gasteiger partial charge is 0.365 e. The molecule has 1 N–H and O–H groups in total. The second kappa shape index (κ2) is 6.54. The van der Waals surface area contributed by atoms with Gasteiger partial charge in [0.25, 0.3) is 11.6 Å². The quantitative estimate of drug-likeness (QED) is 0.681. The summed E-state index contributed by atoms with van der Waals surface area (Å²) in [5, 5.41) is 18.3. The molecular weight excluding hydrogens is 322 g/mol. The fourth-order valence-corrected chi connectivity index (χ4v) is 3.27. The highest BCUT2D eigenvalue weighted by Gasteiger charge is 2.26. The van der Waals surface area contributed by atoms with Gasteiger partial charge in [0.2, 0.25) is 0 Å². The number of H-pyrrole nitrogens is 1. The number of carbonyl (C=O) groups excluding carboxylic acids is 1. The van der Waals surface area contributed by atoms with E-state index in [0.29, 0.717) is 37.3 Å². The number of nitrogens with one attached hydrogen (secondary N) is 1. The highest BCUT2D eigenvalue weighted by Crippen LogP contribution is 2.24. The third-order valence-electron chi connectivity index (χ3n) is 4.63. The molecule has 0 bridgehead atoms. The molecule has 1 saturated heterocycles. The fraction of sp³-hybridized carbons (Fsp3) is 0.412. The van der Waals surface area contributed by atoms with E-state index in [1.165, 1.54) is 6.07 Å². The molecule has 0 saturated carbocycles. The maximum absolute atomic E-state index is 12.7. The van der Waals surface area contributed by atoms with Gasteiger partial charge in [-0.2, -0.15) is 5.10 Å². The Morgan fingerprint density at radius 1 is 1.20 bits per heavy atom. The van der Waals surface area contributed by atoms with E-state index in [2.05, 4.69) is 15.1 Å². The predicted octanol–water partition coefficient (Wildman–Crippen LogP) is 2.21. The molecule has 8 nitrogen and oxygen atoms in total. The Morgan fingerprint density at radius 2 is 1.88 bits per heavy atom. The third-order valence-corrected chi connectivity index (χ3v) is 4.63. The Bertz CT molecular complexity index is 802. The van der Waals surface area contributed by atoms with Crippen LogP contribution in [0.4, 0.5) is 11.4 Å². The molecule has 1 aliphatic rings. The summed E-state index contributed by atoms with van der Waals surface area (Å²) in [4.78, 5) is 27.3. The van der Waals surface area contributed by atoms with Gasteiger partial charge in [0.15, 0.2) is 0 Å². The first-order valence-corrected chi connectivity index (χ1v) is 8.19. The number of amides is 1. The average Bonchev–Trinajstić information content (AvgIpc) is 2.93. The van der Waals surface area contributed by atoms with Crippen molar-refractivity contribution in [3.05, 3.63) is 50.8 Å². The lowest BCUT2D eigenvalue weighted by atomic mass is 10.1. The lowest BCUT2D eigenvalue weighted by Gasteiger charge is -2.36. The third kappa shape index (κ3) is 3.19. The summed E-state index contributed by atoms with van der Waals surface area (Å²) in [6.07, 6.45) is 0. The minimum Gasteiger partial charge on any atom is -0.365 e. The number of hydrogen-bond donors (Lipinski definition) is 1. The lowest BCUT2D eigenvalue weighted by Crippen LogP contribution is -2.49. The van der Waals surface area contributed by atoms with E-state index in [1.807, 2.05) is 13.8 Å². The zero-order valence-electron chi connectivity index (χ0n) is 14.6. The van der Waals surface area contributed by atoms with Crippen LogP contribution >= 0.6 is 0 Å². The van der Waals surface area contributed by atoms with Crippen molar-refractivity contribution in [2.75, 3.05) is 31.1 Å². The summed E-state index contributed by atoms with van der Waals surface area (Å²) in [7, 11) is 0. The van der Waals surface area contributed by atoms with E-state index in [1.54, 1.807) is 24.0 Å². The summed E-state index contributed by atoms with van der Waals surface area (Å²) in [6.45, 7) is 8.18. The van der Waals surface area contributed by atoms with E-state index in [0.717, 1.165) is 17.1 Å². The van der Waals surface area contributed by atoms with Crippen molar-refractivity contribution in [2.45, 2.75) is 20.8 Å². The van der Waals surface area contributed by atoms with Crippen molar-refractivity contribution < 1.29 is 9.72 Å². The van der Waals surface area contributed by atoms with Crippen LogP contribution in [0.3, 0.4) is 0 Å². The molecule has 1 amide bonds. The molecule has 0 spiro atoms. The number of anilines is 1. The van der Waals surface area contributed by atoms with Crippen molar-refractivity contribution in [1.29, 1.82) is 0 Å². The van der Waals surface area contributed by atoms with Crippen LogP contribution in [-0.2, 0) is 0 Å². The number of piperazine rings is 1. The van der Waals surface area contributed by atoms with Crippen LogP contribution < -0.4 is 4.90 Å². The highest BCUT2D eigenvalue weighted by atomic mass is 16.6. The van der Waals surface area contributed by atoms with Gasteiger partial charge < -0.3 is 9.80 Å². The SMILES string of the molecule is Cc1ccc(C(=O)N2CCN(c3c(C)n[nH]c3C)CC2)cc1[N+](=O)[O-]. The molecule has 0 atom stereocenters. The van der Waals surface area contributed by atoms with Crippen molar-refractivity contribution in [3.63, 3.8) is 0 Å². The van der Waals surface area contributed by atoms with Crippen molar-refractivity contribution in [3.8, 4) is 0 Å². The molecule has 1 aliphatic heterocycles. The topological polar surface area (TPSA) is 95.4 Å². The molecule has 1 aromatic heterocycles. The molecule has 25 heavy (non-hydrogen) atoms. The van der Waals surface area contributed by atoms with Gasteiger partial charge in [-0.3, -0.25) is 20.0 Å². The molecule has 132 valence electrons. The van der Waals surface area contributed by atoms with Crippen LogP contribution in [0.15, 0.2) is 18.2 Å². The maximum atomic E-state index is 12.7. The smallest absolute Gasteiger partial charge is 0.273 e. The second-order valence-corrected chi connectivity index (χ2v) is 6.32. The molecule has 1 fully saturated rings. The summed E-state index contributed by atoms with van der Waals surface area (Å²) in [5.74, 6) is -0.164. The van der Waals surface area contributed by atoms with Crippen LogP contribution in [0.1, 0.15) is 27.3 Å². The molecule has 0 unspecified atom stereocenters. The normalized spacial score (nSPS) is 14.7. The number of aromatic nitrogens is 2. The number of aromatic amines is 1. The van der Waals surface area contributed by atoms with Crippen LogP contribution in [0, 0.1) is 30.9 Å². The van der Waals surface area contributed by atoms with E-state index < -0.39 is 4.92 Å². The molecule has 8 heteroatoms. The summed E-state index contributed by atoms with van der Waals surface area (Å²) >= 11 is 0. The van der Waals surface area contributed by atoms with Gasteiger partial charge in [-0.25, -0.2) is 0 Å². The van der Waals surface area contributed by atoms with Crippen LogP contribution in [-0.4, -0.2) is 52.1 Å². The summed E-state index contributed by atoms with van der Waals surface area (Å²) in [5.41, 5.74) is 3.96. The number of hydrogen-bond acceptors (Lipinski definition) is 5. The van der Waals surface area contributed by atoms with Crippen LogP contribution in [0.5, 0.6) is 0 Å². The molecule has 2 heterocycles. The Hall–Kier alpha value is -2.90. The summed E-state index contributed by atoms with van der Waals surface area (Å²) < 4.78 is 0. The van der Waals surface area contributed by atoms with Crippen molar-refractivity contribution >= 4 is 17.3 Å². The van der Waals surface area contributed by atoms with Gasteiger partial charge in [0, 0.05) is 43.4 Å². The van der Waals surface area contributed by atoms with Gasteiger partial charge >= 0.3 is 0 Å². The van der Waals surface area contributed by atoms with Gasteiger partial charge in [0.05, 0.1) is 22.0 Å². The van der Waals surface area contributed by atoms with E-state index in [9.17, 15) is 14.9 Å². The van der Waals surface area contributed by atoms with E-state index in [-0.39, 0.29) is 11.6 Å². The van der Waals surface area contributed by atoms with Gasteiger partial charge in [-0.1, -0.05) is 6.07 Å². The molecule has 3 rings (SSSR count). The van der Waals surface area contributed by atoms with Crippen LogP contribution in [0.2, 0.25) is 0 Å². The van der Waals surface area contributed by atoms with E-state index in [4.69, 9.17) is 0 Å². The van der Waals surface area contributed by atoms with Gasteiger partial charge in [-0.15, -0.1) is 0 Å². The highest BCUT2D eigenvalue weighted by molar-refractivity contribution is 5.95. The summed E-state index contributed by atoms with van der Waals surface area (Å²) in [6, 6.07) is 4.65. The Morgan fingerprint density at radius 3 is 2.44 bits per heavy atom. The maximum Gasteiger partial charge on any atom is 0.273 e. The zero-order valence-corrected chi connectivity index (χ0v) is 14.6. The lowest BCUT2D eigenvalue weighted by molar-refractivity contribution is -0.385. The average molecular weight is 343 g/mol. The van der Waals surface area contributed by atoms with Gasteiger partial charge in [-0.05, 0) is 26.8 Å². The molecule has 0 aliphatic carbocycles. The second-order valence-electron chi connectivity index (χ2n) is 6.32. The van der Waals surface area contributed by atoms with Gasteiger partial charge in [0.1, 0.15) is 0 Å². The first-order chi connectivity index (χ1) is 11.9. The van der Waals surface area contributed by atoms with Crippen LogP contribution in [0.25, 0.3) is 0 Å². The number of nitro groups is 1. The number of benzene rings is 1. The number of carbonyl (C=O) groups is 1. The van der Waals surface area contributed by atoms with Crippen molar-refractivity contribution in [1.82, 2.24) is 15.1 Å². The minimum absolute atomic E-state index is 0.0193. The number of rotatable bonds is 3. The van der Waals surface area contributed by atoms with Crippen molar-refractivity contribution in [2.24, 2.45) is 0 Å². The fourth-order valence-electron chi connectivity index (χ4n) is 3.27. The zero-order chi connectivity index (χ0) is 18.1. The first-order valence-electron chi connectivity index (χ1n) is 8.19. The predicted molar refractivity (Wildman–Crippen MR) is 94.0 cm³/mol. The number of nitro benzene ring substituents is 1. The first kappa shape index (κ1) is 16.9. The molecular formula is C17H21N5O3. The minimum atomic E-state index is -0.450. The Balaban J connectivity index is 1.72. The number of nitrogens with zero attached hydrogens (tertiary/aromatic N) is 4. The Labute approximate surface area is 145 Å². The molecule has 1 aromatic carbocycles. The Kier molecular flexibility index (Phi) is 4.43. The van der Waals surface area contributed by atoms with E-state index >= 15 is 0 Å². The monoisotopic (exact) mass is 343 g/mol. The molecule has 2 aromatic rings. The molecule has 0 radical (unpaired) electrons.